The van der Waals surface area contributed by atoms with Crippen LogP contribution >= 0.6 is 0 Å². The lowest BCUT2D eigenvalue weighted by molar-refractivity contribution is 0.0939. The first kappa shape index (κ1) is 24.2. The number of benzene rings is 2. The summed E-state index contributed by atoms with van der Waals surface area (Å²) >= 11 is 0. The van der Waals surface area contributed by atoms with E-state index in [0.717, 1.165) is 23.8 Å². The molecule has 2 saturated carbocycles. The van der Waals surface area contributed by atoms with Crippen LogP contribution in [-0.4, -0.2) is 40.3 Å². The number of nitrogens with two attached hydrogens (primary N) is 1. The monoisotopic (exact) mass is 468 g/mol. The average Bonchev–Trinajstić information content (AvgIpc) is 3.47. The maximum Gasteiger partial charge on any atom is 0.255 e. The van der Waals surface area contributed by atoms with Gasteiger partial charge in [0.05, 0.1) is 26.9 Å². The molecular formula is C27H36N2O5. The standard InChI is InChI=1S/C27H36N2O5/c1-31-24-22(27(30)29-16-19-10-9-18-5-4-6-21(18)19)15-23(25(32-2)26(24)33-3)34-20-11-7-17(8-12-20)13-14-28/h7-8,11-12,15,18-19,21H,4-6,9-10,13-14,16,28H2,1-3H3,(H,29,30)/t18-,19+,21-/m0/s1. The quantitative estimate of drug-likeness (QED) is 0.531. The van der Waals surface area contributed by atoms with Gasteiger partial charge in [-0.15, -0.1) is 0 Å². The van der Waals surface area contributed by atoms with E-state index in [1.807, 2.05) is 24.3 Å². The number of hydrogen-bond acceptors (Lipinski definition) is 6. The van der Waals surface area contributed by atoms with Crippen molar-refractivity contribution in [3.8, 4) is 28.7 Å². The Balaban J connectivity index is 1.58. The number of nitrogens with one attached hydrogen (secondary N) is 1. The summed E-state index contributed by atoms with van der Waals surface area (Å²) in [5, 5.41) is 3.15. The number of amides is 1. The van der Waals surface area contributed by atoms with E-state index in [1.54, 1.807) is 6.07 Å². The Morgan fingerprint density at radius 2 is 1.71 bits per heavy atom. The van der Waals surface area contributed by atoms with Crippen molar-refractivity contribution in [1.29, 1.82) is 0 Å². The summed E-state index contributed by atoms with van der Waals surface area (Å²) in [7, 11) is 4.57. The van der Waals surface area contributed by atoms with Crippen LogP contribution in [0.4, 0.5) is 0 Å². The van der Waals surface area contributed by atoms with E-state index in [1.165, 1.54) is 53.4 Å². The van der Waals surface area contributed by atoms with Crippen molar-refractivity contribution >= 4 is 5.91 Å². The van der Waals surface area contributed by atoms with Crippen molar-refractivity contribution in [2.45, 2.75) is 38.5 Å². The molecule has 1 amide bonds. The molecule has 184 valence electrons. The minimum atomic E-state index is -0.206. The molecule has 4 rings (SSSR count). The third-order valence-electron chi connectivity index (χ3n) is 7.35. The van der Waals surface area contributed by atoms with E-state index in [9.17, 15) is 4.79 Å². The number of methoxy groups -OCH3 is 3. The van der Waals surface area contributed by atoms with E-state index in [-0.39, 0.29) is 5.91 Å². The second-order valence-electron chi connectivity index (χ2n) is 9.21. The molecule has 0 spiro atoms. The largest absolute Gasteiger partial charge is 0.492 e. The van der Waals surface area contributed by atoms with Crippen LogP contribution in [0.5, 0.6) is 28.7 Å². The lowest BCUT2D eigenvalue weighted by Gasteiger charge is -2.21. The summed E-state index contributed by atoms with van der Waals surface area (Å²) in [4.78, 5) is 13.3. The van der Waals surface area contributed by atoms with E-state index < -0.39 is 0 Å². The molecule has 7 heteroatoms. The van der Waals surface area contributed by atoms with E-state index in [2.05, 4.69) is 5.32 Å². The van der Waals surface area contributed by atoms with Crippen molar-refractivity contribution in [1.82, 2.24) is 5.32 Å². The molecule has 3 N–H and O–H groups in total. The molecule has 34 heavy (non-hydrogen) atoms. The molecule has 7 nitrogen and oxygen atoms in total. The van der Waals surface area contributed by atoms with E-state index >= 15 is 0 Å². The molecule has 2 aromatic carbocycles. The Hall–Kier alpha value is -2.93. The van der Waals surface area contributed by atoms with Crippen LogP contribution in [0, 0.1) is 17.8 Å². The molecule has 3 atom stereocenters. The highest BCUT2D eigenvalue weighted by Gasteiger charge is 2.39. The van der Waals surface area contributed by atoms with E-state index in [0.29, 0.717) is 53.3 Å². The maximum atomic E-state index is 13.3. The molecule has 0 aromatic heterocycles. The summed E-state index contributed by atoms with van der Waals surface area (Å²) in [6, 6.07) is 9.36. The van der Waals surface area contributed by atoms with Gasteiger partial charge in [0.25, 0.3) is 5.91 Å². The first-order valence-corrected chi connectivity index (χ1v) is 12.2. The molecule has 0 radical (unpaired) electrons. The van der Waals surface area contributed by atoms with E-state index in [4.69, 9.17) is 24.7 Å². The number of rotatable bonds is 10. The van der Waals surface area contributed by atoms with Crippen LogP contribution in [-0.2, 0) is 6.42 Å². The smallest absolute Gasteiger partial charge is 0.255 e. The van der Waals surface area contributed by atoms with Gasteiger partial charge in [-0.3, -0.25) is 4.79 Å². The normalized spacial score (nSPS) is 21.1. The zero-order chi connectivity index (χ0) is 24.1. The summed E-state index contributed by atoms with van der Waals surface area (Å²) in [6.45, 7) is 1.26. The summed E-state index contributed by atoms with van der Waals surface area (Å²) in [6.07, 6.45) is 7.21. The van der Waals surface area contributed by atoms with Crippen molar-refractivity contribution in [2.24, 2.45) is 23.5 Å². The van der Waals surface area contributed by atoms with Crippen molar-refractivity contribution < 1.29 is 23.7 Å². The number of fused-ring (bicyclic) bond motifs is 1. The number of ether oxygens (including phenoxy) is 4. The van der Waals surface area contributed by atoms with Crippen LogP contribution in [0.3, 0.4) is 0 Å². The average molecular weight is 469 g/mol. The van der Waals surface area contributed by atoms with Gasteiger partial charge in [-0.2, -0.15) is 0 Å². The predicted octanol–water partition coefficient (Wildman–Crippen LogP) is 4.56. The van der Waals surface area contributed by atoms with Crippen LogP contribution in [0.2, 0.25) is 0 Å². The Kier molecular flexibility index (Phi) is 7.83. The summed E-state index contributed by atoms with van der Waals surface area (Å²) in [5.74, 6) is 3.95. The third-order valence-corrected chi connectivity index (χ3v) is 7.35. The lowest BCUT2D eigenvalue weighted by Crippen LogP contribution is -2.31. The zero-order valence-electron chi connectivity index (χ0n) is 20.4. The van der Waals surface area contributed by atoms with Gasteiger partial charge in [-0.25, -0.2) is 0 Å². The third kappa shape index (κ3) is 4.94. The fraction of sp³-hybridized carbons (Fsp3) is 0.519. The fourth-order valence-corrected chi connectivity index (χ4v) is 5.70. The van der Waals surface area contributed by atoms with Crippen molar-refractivity contribution in [3.05, 3.63) is 41.5 Å². The SMILES string of the molecule is COc1c(Oc2ccc(CCN)cc2)cc(C(=O)NC[C@H]2CC[C@@H]3CCC[C@@H]32)c(OC)c1OC. The van der Waals surface area contributed by atoms with Crippen LogP contribution in [0.15, 0.2) is 30.3 Å². The Bertz CT molecular complexity index is 992. The number of carbonyl (C=O) groups excluding carboxylic acids is 1. The summed E-state index contributed by atoms with van der Waals surface area (Å²) < 4.78 is 22.9. The fourth-order valence-electron chi connectivity index (χ4n) is 5.70. The van der Waals surface area contributed by atoms with Gasteiger partial charge in [0.1, 0.15) is 5.75 Å². The Morgan fingerprint density at radius 3 is 2.38 bits per heavy atom. The minimum absolute atomic E-state index is 0.206. The molecule has 0 heterocycles. The first-order chi connectivity index (χ1) is 16.6. The minimum Gasteiger partial charge on any atom is -0.492 e. The summed E-state index contributed by atoms with van der Waals surface area (Å²) in [5.41, 5.74) is 7.13. The second-order valence-corrected chi connectivity index (χ2v) is 9.21. The number of carbonyl (C=O) groups is 1. The van der Waals surface area contributed by atoms with Crippen LogP contribution in [0.1, 0.15) is 48.0 Å². The highest BCUT2D eigenvalue weighted by Crippen LogP contribution is 2.49. The zero-order valence-corrected chi connectivity index (χ0v) is 20.4. The molecule has 2 aliphatic carbocycles. The number of hydrogen-bond donors (Lipinski definition) is 2. The predicted molar refractivity (Wildman–Crippen MR) is 131 cm³/mol. The first-order valence-electron chi connectivity index (χ1n) is 12.2. The second kappa shape index (κ2) is 11.0. The highest BCUT2D eigenvalue weighted by atomic mass is 16.5. The molecule has 2 aromatic rings. The van der Waals surface area contributed by atoms with Gasteiger partial charge >= 0.3 is 0 Å². The molecule has 2 aliphatic rings. The molecule has 0 saturated heterocycles. The molecular weight excluding hydrogens is 432 g/mol. The molecule has 0 aliphatic heterocycles. The van der Waals surface area contributed by atoms with Gasteiger partial charge in [-0.1, -0.05) is 25.0 Å². The maximum absolute atomic E-state index is 13.3. The Labute approximate surface area is 201 Å². The van der Waals surface area contributed by atoms with Gasteiger partial charge in [0.2, 0.25) is 11.5 Å². The van der Waals surface area contributed by atoms with Crippen LogP contribution < -0.4 is 30.0 Å². The molecule has 0 unspecified atom stereocenters. The molecule has 2 fully saturated rings. The van der Waals surface area contributed by atoms with Gasteiger partial charge in [0.15, 0.2) is 11.5 Å². The topological polar surface area (TPSA) is 92.0 Å². The van der Waals surface area contributed by atoms with Crippen molar-refractivity contribution in [2.75, 3.05) is 34.4 Å². The highest BCUT2D eigenvalue weighted by molar-refractivity contribution is 5.99. The van der Waals surface area contributed by atoms with Gasteiger partial charge in [0, 0.05) is 12.6 Å². The Morgan fingerprint density at radius 1 is 0.971 bits per heavy atom. The van der Waals surface area contributed by atoms with Crippen molar-refractivity contribution in [3.63, 3.8) is 0 Å². The van der Waals surface area contributed by atoms with Gasteiger partial charge < -0.3 is 30.0 Å². The van der Waals surface area contributed by atoms with Crippen LogP contribution in [0.25, 0.3) is 0 Å². The van der Waals surface area contributed by atoms with Gasteiger partial charge in [-0.05, 0) is 67.7 Å². The lowest BCUT2D eigenvalue weighted by atomic mass is 9.92. The molecule has 0 bridgehead atoms.